The molecule has 1 aromatic rings. The van der Waals surface area contributed by atoms with E-state index in [1.807, 2.05) is 0 Å². The average molecular weight is 356 g/mol. The third-order valence-electron chi connectivity index (χ3n) is 3.24. The van der Waals surface area contributed by atoms with Gasteiger partial charge in [-0.2, -0.15) is 8.78 Å². The van der Waals surface area contributed by atoms with E-state index >= 15 is 0 Å². The summed E-state index contributed by atoms with van der Waals surface area (Å²) in [6.07, 6.45) is -1.72. The van der Waals surface area contributed by atoms with Gasteiger partial charge in [-0.1, -0.05) is 36.4 Å². The Bertz CT molecular complexity index is 630. The van der Waals surface area contributed by atoms with Crippen molar-refractivity contribution in [1.29, 1.82) is 0 Å². The summed E-state index contributed by atoms with van der Waals surface area (Å²) in [6.45, 7) is 3.14. The van der Waals surface area contributed by atoms with E-state index in [2.05, 4.69) is 0 Å². The largest absolute Gasteiger partial charge is 0.462 e. The zero-order chi connectivity index (χ0) is 18.8. The van der Waals surface area contributed by atoms with Crippen LogP contribution < -0.4 is 0 Å². The van der Waals surface area contributed by atoms with Crippen LogP contribution in [0.1, 0.15) is 31.7 Å². The Morgan fingerprint density at radius 3 is 1.96 bits per heavy atom. The number of esters is 2. The minimum absolute atomic E-state index is 0.0189. The Morgan fingerprint density at radius 1 is 1.00 bits per heavy atom. The number of benzene rings is 1. The Balaban J connectivity index is 3.19. The quantitative estimate of drug-likeness (QED) is 0.302. The minimum atomic E-state index is -2.45. The number of hydrogen-bond donors (Lipinski definition) is 0. The zero-order valence-electron chi connectivity index (χ0n) is 13.9. The highest BCUT2D eigenvalue weighted by Gasteiger charge is 2.25. The lowest BCUT2D eigenvalue weighted by Crippen LogP contribution is -2.18. The summed E-state index contributed by atoms with van der Waals surface area (Å²) >= 11 is 0. The Kier molecular flexibility index (Phi) is 8.46. The lowest BCUT2D eigenvalue weighted by Gasteiger charge is -2.14. The monoisotopic (exact) mass is 356 g/mol. The van der Waals surface area contributed by atoms with Crippen LogP contribution in [0.5, 0.6) is 0 Å². The van der Waals surface area contributed by atoms with Gasteiger partial charge in [0.1, 0.15) is 5.57 Å². The molecule has 0 aliphatic heterocycles. The van der Waals surface area contributed by atoms with Gasteiger partial charge in [-0.05, 0) is 25.8 Å². The molecule has 0 saturated heterocycles. The predicted molar refractivity (Wildman–Crippen MR) is 85.5 cm³/mol. The number of carbonyl (C=O) groups excluding carboxylic acids is 2. The number of rotatable bonds is 8. The van der Waals surface area contributed by atoms with Gasteiger partial charge in [0, 0.05) is 5.92 Å². The number of allylic oxidation sites excluding steroid dienone is 2. The van der Waals surface area contributed by atoms with E-state index in [1.165, 1.54) is 12.1 Å². The van der Waals surface area contributed by atoms with E-state index in [0.717, 1.165) is 6.08 Å². The van der Waals surface area contributed by atoms with Crippen molar-refractivity contribution in [3.8, 4) is 0 Å². The first kappa shape index (κ1) is 20.5. The van der Waals surface area contributed by atoms with E-state index < -0.39 is 35.3 Å². The SMILES string of the molecule is CCOC(=O)C(=CCC(C(F)=C(F)F)c1ccccc1)C(=O)OCC. The normalized spacial score (nSPS) is 11.2. The van der Waals surface area contributed by atoms with Crippen LogP contribution in [0.15, 0.2) is 53.9 Å². The second-order valence-corrected chi connectivity index (χ2v) is 4.87. The van der Waals surface area contributed by atoms with Gasteiger partial charge in [0.25, 0.3) is 0 Å². The number of ether oxygens (including phenoxy) is 2. The van der Waals surface area contributed by atoms with Gasteiger partial charge >= 0.3 is 18.0 Å². The third kappa shape index (κ3) is 6.10. The van der Waals surface area contributed by atoms with Crippen LogP contribution in [0.4, 0.5) is 13.2 Å². The van der Waals surface area contributed by atoms with Crippen LogP contribution in [0.2, 0.25) is 0 Å². The minimum Gasteiger partial charge on any atom is -0.462 e. The van der Waals surface area contributed by atoms with Gasteiger partial charge in [-0.3, -0.25) is 0 Å². The van der Waals surface area contributed by atoms with Gasteiger partial charge in [0.2, 0.25) is 0 Å². The molecule has 0 amide bonds. The lowest BCUT2D eigenvalue weighted by molar-refractivity contribution is -0.146. The summed E-state index contributed by atoms with van der Waals surface area (Å²) in [5.74, 6) is -4.84. The van der Waals surface area contributed by atoms with Gasteiger partial charge < -0.3 is 9.47 Å². The standard InChI is InChI=1S/C18H19F3O4/c1-3-24-17(22)14(18(23)25-4-2)11-10-13(15(19)16(20)21)12-8-6-5-7-9-12/h5-9,11,13H,3-4,10H2,1-2H3. The van der Waals surface area contributed by atoms with Crippen molar-refractivity contribution in [2.24, 2.45) is 0 Å². The van der Waals surface area contributed by atoms with Crippen molar-refractivity contribution in [3.05, 3.63) is 59.5 Å². The van der Waals surface area contributed by atoms with E-state index in [4.69, 9.17) is 9.47 Å². The molecule has 7 heteroatoms. The van der Waals surface area contributed by atoms with Gasteiger partial charge in [-0.25, -0.2) is 14.0 Å². The van der Waals surface area contributed by atoms with Crippen LogP contribution >= 0.6 is 0 Å². The van der Waals surface area contributed by atoms with Crippen molar-refractivity contribution in [2.45, 2.75) is 26.2 Å². The molecule has 1 rings (SSSR count). The molecule has 0 fully saturated rings. The fraction of sp³-hybridized carbons (Fsp3) is 0.333. The first-order valence-electron chi connectivity index (χ1n) is 7.72. The molecule has 136 valence electrons. The summed E-state index contributed by atoms with van der Waals surface area (Å²) in [7, 11) is 0. The van der Waals surface area contributed by atoms with Crippen LogP contribution in [0.25, 0.3) is 0 Å². The van der Waals surface area contributed by atoms with Crippen molar-refractivity contribution >= 4 is 11.9 Å². The number of hydrogen-bond acceptors (Lipinski definition) is 4. The van der Waals surface area contributed by atoms with E-state index in [9.17, 15) is 22.8 Å². The number of halogens is 3. The molecule has 0 radical (unpaired) electrons. The van der Waals surface area contributed by atoms with Crippen LogP contribution in [0, 0.1) is 0 Å². The van der Waals surface area contributed by atoms with Gasteiger partial charge in [0.15, 0.2) is 5.83 Å². The molecule has 0 spiro atoms. The fourth-order valence-corrected chi connectivity index (χ4v) is 2.11. The molecule has 0 aliphatic rings. The summed E-state index contributed by atoms with van der Waals surface area (Å²) in [6, 6.07) is 7.78. The van der Waals surface area contributed by atoms with E-state index in [-0.39, 0.29) is 25.2 Å². The Labute approximate surface area is 143 Å². The predicted octanol–water partition coefficient (Wildman–Crippen LogP) is 4.29. The topological polar surface area (TPSA) is 52.6 Å². The third-order valence-corrected chi connectivity index (χ3v) is 3.24. The molecule has 0 saturated carbocycles. The maximum Gasteiger partial charge on any atom is 0.345 e. The summed E-state index contributed by atoms with van der Waals surface area (Å²) in [5.41, 5.74) is -0.159. The molecule has 1 aromatic carbocycles. The van der Waals surface area contributed by atoms with Crippen molar-refractivity contribution in [1.82, 2.24) is 0 Å². The molecule has 0 heterocycles. The Hall–Kier alpha value is -2.57. The fourth-order valence-electron chi connectivity index (χ4n) is 2.11. The second kappa shape index (κ2) is 10.3. The number of carbonyl (C=O) groups is 2. The summed E-state index contributed by atoms with van der Waals surface area (Å²) < 4.78 is 48.9. The molecule has 25 heavy (non-hydrogen) atoms. The summed E-state index contributed by atoms with van der Waals surface area (Å²) in [5, 5.41) is 0. The molecule has 0 bridgehead atoms. The molecular weight excluding hydrogens is 337 g/mol. The smallest absolute Gasteiger partial charge is 0.345 e. The first-order chi connectivity index (χ1) is 11.9. The van der Waals surface area contributed by atoms with E-state index in [1.54, 1.807) is 32.0 Å². The average Bonchev–Trinajstić information content (AvgIpc) is 2.59. The second-order valence-electron chi connectivity index (χ2n) is 4.87. The van der Waals surface area contributed by atoms with Crippen LogP contribution in [-0.4, -0.2) is 25.2 Å². The molecular formula is C18H19F3O4. The van der Waals surface area contributed by atoms with Crippen molar-refractivity contribution in [3.63, 3.8) is 0 Å². The highest BCUT2D eigenvalue weighted by atomic mass is 19.3. The highest BCUT2D eigenvalue weighted by molar-refractivity contribution is 6.14. The molecule has 1 unspecified atom stereocenters. The lowest BCUT2D eigenvalue weighted by atomic mass is 9.93. The molecule has 0 N–H and O–H groups in total. The highest BCUT2D eigenvalue weighted by Crippen LogP contribution is 2.32. The van der Waals surface area contributed by atoms with Crippen molar-refractivity contribution < 1.29 is 32.2 Å². The molecule has 1 atom stereocenters. The molecule has 0 aliphatic carbocycles. The first-order valence-corrected chi connectivity index (χ1v) is 7.72. The van der Waals surface area contributed by atoms with Gasteiger partial charge in [-0.15, -0.1) is 0 Å². The Morgan fingerprint density at radius 2 is 1.52 bits per heavy atom. The van der Waals surface area contributed by atoms with Crippen LogP contribution in [-0.2, 0) is 19.1 Å². The summed E-state index contributed by atoms with van der Waals surface area (Å²) in [4.78, 5) is 23.7. The maximum absolute atomic E-state index is 13.9. The molecule has 0 aromatic heterocycles. The van der Waals surface area contributed by atoms with Crippen molar-refractivity contribution in [2.75, 3.05) is 13.2 Å². The van der Waals surface area contributed by atoms with Crippen LogP contribution in [0.3, 0.4) is 0 Å². The van der Waals surface area contributed by atoms with Gasteiger partial charge in [0.05, 0.1) is 13.2 Å². The van der Waals surface area contributed by atoms with E-state index in [0.29, 0.717) is 0 Å². The molecule has 4 nitrogen and oxygen atoms in total. The zero-order valence-corrected chi connectivity index (χ0v) is 13.9. The maximum atomic E-state index is 13.9.